The second-order valence-electron chi connectivity index (χ2n) is 25.9. The summed E-state index contributed by atoms with van der Waals surface area (Å²) in [6.07, 6.45) is 37.6. The number of unbranched alkanes of at least 4 members (excludes halogenated alkanes) is 29. The number of phosphoric ester groups is 2. The van der Waals surface area contributed by atoms with E-state index in [-0.39, 0.29) is 25.7 Å². The molecule has 3 N–H and O–H groups in total. The molecule has 0 bridgehead atoms. The second-order valence-corrected chi connectivity index (χ2v) is 28.8. The lowest BCUT2D eigenvalue weighted by atomic mass is 9.99. The van der Waals surface area contributed by atoms with Crippen molar-refractivity contribution in [3.05, 3.63) is 0 Å². The summed E-state index contributed by atoms with van der Waals surface area (Å²) in [5, 5.41) is 10.6. The smallest absolute Gasteiger partial charge is 0.462 e. The van der Waals surface area contributed by atoms with Gasteiger partial charge in [0.15, 0.2) is 12.2 Å². The summed E-state index contributed by atoms with van der Waals surface area (Å²) in [6.45, 7) is 14.0. The van der Waals surface area contributed by atoms with Gasteiger partial charge in [0.1, 0.15) is 19.3 Å². The Hall–Kier alpha value is -1.94. The van der Waals surface area contributed by atoms with Gasteiger partial charge in [-0.1, -0.05) is 274 Å². The maximum Gasteiger partial charge on any atom is 0.472 e. The van der Waals surface area contributed by atoms with E-state index in [1.54, 1.807) is 0 Å². The summed E-state index contributed by atoms with van der Waals surface area (Å²) in [7, 11) is -9.90. The van der Waals surface area contributed by atoms with Gasteiger partial charge in [-0.25, -0.2) is 9.13 Å². The van der Waals surface area contributed by atoms with Gasteiger partial charge in [0.05, 0.1) is 26.4 Å². The molecule has 0 aliphatic carbocycles. The van der Waals surface area contributed by atoms with Crippen LogP contribution in [0.25, 0.3) is 0 Å². The number of carbonyl (C=O) groups is 4. The summed E-state index contributed by atoms with van der Waals surface area (Å²) in [5.41, 5.74) is 0. The number of hydrogen-bond acceptors (Lipinski definition) is 15. The minimum Gasteiger partial charge on any atom is -0.462 e. The van der Waals surface area contributed by atoms with Crippen LogP contribution in [0.4, 0.5) is 0 Å². The molecule has 0 rings (SSSR count). The number of hydrogen-bond donors (Lipinski definition) is 3. The highest BCUT2D eigenvalue weighted by molar-refractivity contribution is 7.47. The molecule has 86 heavy (non-hydrogen) atoms. The van der Waals surface area contributed by atoms with E-state index in [9.17, 15) is 43.2 Å². The van der Waals surface area contributed by atoms with Crippen molar-refractivity contribution in [1.29, 1.82) is 0 Å². The standard InChI is InChI=1S/C67H130O17P2/c1-9-60(8)46-38-30-22-15-17-23-31-39-47-64(69)77-53-62(84-67(72)50-42-34-25-16-14-20-28-36-44-58(4)5)55-81-85(73,74)79-51-61(68)52-80-86(75,76)82-56-63(54-78-65(70)48-40-32-26-18-21-29-37-45-59(6)7)83-66(71)49-41-33-24-13-11-10-12-19-27-35-43-57(2)3/h57-63,68H,9-56H2,1-8H3,(H,73,74)(H,75,76)/t60?,61?,62-,63-/m1/s1. The van der Waals surface area contributed by atoms with E-state index >= 15 is 0 Å². The molecule has 0 saturated heterocycles. The van der Waals surface area contributed by atoms with Gasteiger partial charge < -0.3 is 33.8 Å². The monoisotopic (exact) mass is 1270 g/mol. The van der Waals surface area contributed by atoms with Crippen LogP contribution in [-0.2, 0) is 65.4 Å². The summed E-state index contributed by atoms with van der Waals surface area (Å²) < 4.78 is 68.1. The van der Waals surface area contributed by atoms with Crippen molar-refractivity contribution in [3.63, 3.8) is 0 Å². The van der Waals surface area contributed by atoms with E-state index in [2.05, 4.69) is 55.4 Å². The van der Waals surface area contributed by atoms with Gasteiger partial charge in [-0.2, -0.15) is 0 Å². The minimum atomic E-state index is -4.95. The Labute approximate surface area is 524 Å². The summed E-state index contributed by atoms with van der Waals surface area (Å²) in [5.74, 6) is 0.817. The van der Waals surface area contributed by atoms with E-state index in [4.69, 9.17) is 37.0 Å². The summed E-state index contributed by atoms with van der Waals surface area (Å²) in [4.78, 5) is 72.4. The number of ether oxygens (including phenoxy) is 4. The first-order valence-electron chi connectivity index (χ1n) is 34.7. The van der Waals surface area contributed by atoms with Gasteiger partial charge in [-0.15, -0.1) is 0 Å². The van der Waals surface area contributed by atoms with Crippen LogP contribution in [0.5, 0.6) is 0 Å². The predicted octanol–water partition coefficient (Wildman–Crippen LogP) is 18.5. The fourth-order valence-electron chi connectivity index (χ4n) is 9.93. The molecule has 4 unspecified atom stereocenters. The first kappa shape index (κ1) is 84.1. The Balaban J connectivity index is 5.26. The lowest BCUT2D eigenvalue weighted by molar-refractivity contribution is -0.161. The Kier molecular flexibility index (Phi) is 55.7. The molecule has 19 heteroatoms. The highest BCUT2D eigenvalue weighted by Crippen LogP contribution is 2.45. The molecule has 0 aromatic rings. The Morgan fingerprint density at radius 3 is 0.826 bits per heavy atom. The molecular weight excluding hydrogens is 1140 g/mol. The lowest BCUT2D eigenvalue weighted by Crippen LogP contribution is -2.30. The minimum absolute atomic E-state index is 0.103. The van der Waals surface area contributed by atoms with E-state index in [0.29, 0.717) is 31.6 Å². The topological polar surface area (TPSA) is 237 Å². The van der Waals surface area contributed by atoms with Crippen LogP contribution < -0.4 is 0 Å². The lowest BCUT2D eigenvalue weighted by Gasteiger charge is -2.21. The van der Waals surface area contributed by atoms with Crippen LogP contribution in [-0.4, -0.2) is 96.7 Å². The zero-order chi connectivity index (χ0) is 63.9. The van der Waals surface area contributed by atoms with Crippen molar-refractivity contribution in [1.82, 2.24) is 0 Å². The van der Waals surface area contributed by atoms with Gasteiger partial charge >= 0.3 is 39.5 Å². The molecule has 0 amide bonds. The molecule has 0 aliphatic heterocycles. The third kappa shape index (κ3) is 59.7. The second kappa shape index (κ2) is 57.0. The molecule has 0 fully saturated rings. The van der Waals surface area contributed by atoms with Crippen LogP contribution in [0.2, 0.25) is 0 Å². The van der Waals surface area contributed by atoms with Gasteiger partial charge in [0, 0.05) is 25.7 Å². The fraction of sp³-hybridized carbons (Fsp3) is 0.940. The number of rotatable bonds is 64. The number of aliphatic hydroxyl groups is 1. The van der Waals surface area contributed by atoms with Gasteiger partial charge in [0.25, 0.3) is 0 Å². The van der Waals surface area contributed by atoms with Gasteiger partial charge in [-0.05, 0) is 49.4 Å². The molecular formula is C67H130O17P2. The van der Waals surface area contributed by atoms with Crippen LogP contribution in [0.15, 0.2) is 0 Å². The van der Waals surface area contributed by atoms with Crippen molar-refractivity contribution in [3.8, 4) is 0 Å². The molecule has 0 heterocycles. The highest BCUT2D eigenvalue weighted by Gasteiger charge is 2.30. The van der Waals surface area contributed by atoms with Crippen LogP contribution >= 0.6 is 15.6 Å². The fourth-order valence-corrected chi connectivity index (χ4v) is 11.5. The zero-order valence-electron chi connectivity index (χ0n) is 55.9. The number of aliphatic hydroxyl groups excluding tert-OH is 1. The largest absolute Gasteiger partial charge is 0.472 e. The summed E-state index contributed by atoms with van der Waals surface area (Å²) in [6, 6.07) is 0. The maximum atomic E-state index is 13.0. The Morgan fingerprint density at radius 1 is 0.326 bits per heavy atom. The molecule has 0 radical (unpaired) electrons. The van der Waals surface area contributed by atoms with E-state index < -0.39 is 97.5 Å². The van der Waals surface area contributed by atoms with E-state index in [0.717, 1.165) is 114 Å². The van der Waals surface area contributed by atoms with E-state index in [1.807, 2.05) is 0 Å². The van der Waals surface area contributed by atoms with Crippen molar-refractivity contribution in [2.24, 2.45) is 23.7 Å². The number of phosphoric acid groups is 2. The van der Waals surface area contributed by atoms with Gasteiger partial charge in [-0.3, -0.25) is 37.3 Å². The molecule has 510 valence electrons. The summed E-state index contributed by atoms with van der Waals surface area (Å²) >= 11 is 0. The van der Waals surface area contributed by atoms with Crippen molar-refractivity contribution >= 4 is 39.5 Å². The van der Waals surface area contributed by atoms with Crippen molar-refractivity contribution in [2.75, 3.05) is 39.6 Å². The predicted molar refractivity (Wildman–Crippen MR) is 344 cm³/mol. The van der Waals surface area contributed by atoms with Gasteiger partial charge in [0.2, 0.25) is 0 Å². The van der Waals surface area contributed by atoms with Crippen molar-refractivity contribution < 1.29 is 80.2 Å². The normalized spacial score (nSPS) is 14.7. The van der Waals surface area contributed by atoms with Crippen LogP contribution in [0.3, 0.4) is 0 Å². The quantitative estimate of drug-likeness (QED) is 0.0222. The highest BCUT2D eigenvalue weighted by atomic mass is 31.2. The number of esters is 4. The average Bonchev–Trinajstić information content (AvgIpc) is 3.68. The maximum absolute atomic E-state index is 13.0. The van der Waals surface area contributed by atoms with Crippen molar-refractivity contribution in [2.45, 2.75) is 343 Å². The number of carbonyl (C=O) groups excluding carboxylic acids is 4. The Bertz CT molecular complexity index is 1720. The molecule has 0 aliphatic rings. The third-order valence-electron chi connectivity index (χ3n) is 15.7. The average molecular weight is 1270 g/mol. The van der Waals surface area contributed by atoms with Crippen LogP contribution in [0.1, 0.15) is 325 Å². The molecule has 0 saturated carbocycles. The zero-order valence-corrected chi connectivity index (χ0v) is 57.7. The Morgan fingerprint density at radius 2 is 0.558 bits per heavy atom. The molecule has 0 spiro atoms. The molecule has 0 aromatic carbocycles. The molecule has 0 aromatic heterocycles. The first-order chi connectivity index (χ1) is 41.1. The van der Waals surface area contributed by atoms with E-state index in [1.165, 1.54) is 122 Å². The SMILES string of the molecule is CCC(C)CCCCCCCCCCC(=O)OC[C@H](COP(=O)(O)OCC(O)COP(=O)(O)OC[C@@H](COC(=O)CCCCCCCCCC(C)C)OC(=O)CCCCCCCCCCCCC(C)C)OC(=O)CCCCCCCCCCC(C)C. The third-order valence-corrected chi connectivity index (χ3v) is 17.6. The first-order valence-corrected chi connectivity index (χ1v) is 37.7. The van der Waals surface area contributed by atoms with Crippen LogP contribution in [0, 0.1) is 23.7 Å². The molecule has 6 atom stereocenters. The molecule has 17 nitrogen and oxygen atoms in total.